The van der Waals surface area contributed by atoms with Gasteiger partial charge in [0, 0.05) is 25.8 Å². The molecular weight excluding hydrogens is 458 g/mol. The zero-order valence-electron chi connectivity index (χ0n) is 13.1. The first-order valence-corrected chi connectivity index (χ1v) is 7.49. The third kappa shape index (κ3) is 2.93. The van der Waals surface area contributed by atoms with Crippen molar-refractivity contribution in [3.05, 3.63) is 78.0 Å². The van der Waals surface area contributed by atoms with Gasteiger partial charge in [0.15, 0.2) is 0 Å². The van der Waals surface area contributed by atoms with Gasteiger partial charge in [-0.25, -0.2) is 0 Å². The van der Waals surface area contributed by atoms with E-state index in [2.05, 4.69) is 78.6 Å². The van der Waals surface area contributed by atoms with Crippen molar-refractivity contribution in [1.29, 1.82) is 0 Å². The number of hydrogen-bond acceptors (Lipinski definition) is 1. The second kappa shape index (κ2) is 6.23. The Hall–Kier alpha value is -2.02. The summed E-state index contributed by atoms with van der Waals surface area (Å²) >= 11 is 0. The number of aryl methyl sites for hydroxylation is 2. The first kappa shape index (κ1) is 15.9. The molecule has 0 unspecified atom stereocenters. The Morgan fingerprint density at radius 1 is 0.826 bits per heavy atom. The smallest absolute Gasteiger partial charge is 0.0268 e. The van der Waals surface area contributed by atoms with Crippen molar-refractivity contribution in [3.63, 3.8) is 0 Å². The molecule has 0 amide bonds. The van der Waals surface area contributed by atoms with E-state index < -0.39 is 0 Å². The topological polar surface area (TPSA) is 12.9 Å². The third-order valence-corrected chi connectivity index (χ3v) is 4.05. The van der Waals surface area contributed by atoms with Crippen LogP contribution in [0.5, 0.6) is 0 Å². The minimum absolute atomic E-state index is 0. The molecule has 0 aliphatic heterocycles. The van der Waals surface area contributed by atoms with Crippen LogP contribution in [0.25, 0.3) is 32.8 Å². The molecule has 4 aromatic rings. The SMILES string of the molecule is Cc1cc(C)nc(-c2[c-]cc3c(ccc4ccccc43)c2)c1.[Ir]. The van der Waals surface area contributed by atoms with Crippen LogP contribution in [0.3, 0.4) is 0 Å². The van der Waals surface area contributed by atoms with Crippen LogP contribution < -0.4 is 0 Å². The van der Waals surface area contributed by atoms with Crippen LogP contribution >= 0.6 is 0 Å². The summed E-state index contributed by atoms with van der Waals surface area (Å²) in [7, 11) is 0. The summed E-state index contributed by atoms with van der Waals surface area (Å²) in [6.07, 6.45) is 0. The fourth-order valence-corrected chi connectivity index (χ4v) is 3.07. The van der Waals surface area contributed by atoms with E-state index in [-0.39, 0.29) is 20.1 Å². The van der Waals surface area contributed by atoms with E-state index in [4.69, 9.17) is 0 Å². The van der Waals surface area contributed by atoms with Gasteiger partial charge in [0.1, 0.15) is 0 Å². The van der Waals surface area contributed by atoms with E-state index in [9.17, 15) is 0 Å². The summed E-state index contributed by atoms with van der Waals surface area (Å²) in [4.78, 5) is 4.64. The standard InChI is InChI=1S/C21H16N.Ir/c1-14-11-15(2)22-21(12-14)18-9-10-20-17(13-18)8-7-16-5-3-4-6-19(16)20;/h3-8,10-13H,1-2H3;/q-1;. The average Bonchev–Trinajstić information content (AvgIpc) is 2.53. The van der Waals surface area contributed by atoms with E-state index in [1.54, 1.807) is 0 Å². The van der Waals surface area contributed by atoms with Crippen LogP contribution in [0.1, 0.15) is 11.3 Å². The Labute approximate surface area is 149 Å². The monoisotopic (exact) mass is 475 g/mol. The van der Waals surface area contributed by atoms with Gasteiger partial charge in [-0.1, -0.05) is 58.8 Å². The zero-order valence-corrected chi connectivity index (χ0v) is 15.4. The quantitative estimate of drug-likeness (QED) is 0.263. The predicted molar refractivity (Wildman–Crippen MR) is 93.0 cm³/mol. The van der Waals surface area contributed by atoms with Crippen molar-refractivity contribution in [2.45, 2.75) is 13.8 Å². The molecule has 1 aromatic heterocycles. The average molecular weight is 475 g/mol. The van der Waals surface area contributed by atoms with Gasteiger partial charge in [-0.05, 0) is 31.0 Å². The van der Waals surface area contributed by atoms with Crippen molar-refractivity contribution in [1.82, 2.24) is 4.98 Å². The molecule has 0 atom stereocenters. The van der Waals surface area contributed by atoms with Crippen LogP contribution in [0, 0.1) is 19.9 Å². The number of aromatic nitrogens is 1. The number of fused-ring (bicyclic) bond motifs is 3. The fourth-order valence-electron chi connectivity index (χ4n) is 3.07. The molecule has 115 valence electrons. The van der Waals surface area contributed by atoms with Gasteiger partial charge < -0.3 is 4.98 Å². The molecule has 0 saturated carbocycles. The Morgan fingerprint density at radius 2 is 1.61 bits per heavy atom. The molecule has 0 spiro atoms. The number of rotatable bonds is 1. The van der Waals surface area contributed by atoms with Crippen molar-refractivity contribution in [2.75, 3.05) is 0 Å². The normalized spacial score (nSPS) is 10.7. The summed E-state index contributed by atoms with van der Waals surface area (Å²) in [5, 5.41) is 5.01. The summed E-state index contributed by atoms with van der Waals surface area (Å²) in [5.41, 5.74) is 4.32. The zero-order chi connectivity index (χ0) is 15.1. The summed E-state index contributed by atoms with van der Waals surface area (Å²) < 4.78 is 0. The van der Waals surface area contributed by atoms with Crippen LogP contribution in [0.2, 0.25) is 0 Å². The predicted octanol–water partition coefficient (Wildman–Crippen LogP) is 5.47. The minimum atomic E-state index is 0. The second-order valence-electron chi connectivity index (χ2n) is 5.81. The molecular formula is C21H16IrN-. The molecule has 0 aliphatic rings. The Balaban J connectivity index is 0.00000156. The molecule has 0 saturated heterocycles. The van der Waals surface area contributed by atoms with Gasteiger partial charge in [0.2, 0.25) is 0 Å². The largest absolute Gasteiger partial charge is 0.302 e. The van der Waals surface area contributed by atoms with Crippen LogP contribution in [-0.2, 0) is 20.1 Å². The summed E-state index contributed by atoms with van der Waals surface area (Å²) in [6.45, 7) is 4.14. The van der Waals surface area contributed by atoms with E-state index in [1.807, 2.05) is 6.92 Å². The maximum absolute atomic E-state index is 4.64. The maximum Gasteiger partial charge on any atom is 0.0268 e. The van der Waals surface area contributed by atoms with E-state index in [1.165, 1.54) is 27.1 Å². The van der Waals surface area contributed by atoms with Gasteiger partial charge in [-0.3, -0.25) is 0 Å². The van der Waals surface area contributed by atoms with Crippen LogP contribution in [0.4, 0.5) is 0 Å². The second-order valence-corrected chi connectivity index (χ2v) is 5.81. The number of benzene rings is 3. The van der Waals surface area contributed by atoms with Crippen molar-refractivity contribution < 1.29 is 20.1 Å². The molecule has 1 nitrogen and oxygen atoms in total. The fraction of sp³-hybridized carbons (Fsp3) is 0.0952. The number of pyridine rings is 1. The van der Waals surface area contributed by atoms with Gasteiger partial charge in [0.25, 0.3) is 0 Å². The molecule has 1 heterocycles. The van der Waals surface area contributed by atoms with Crippen molar-refractivity contribution >= 4 is 21.5 Å². The first-order valence-electron chi connectivity index (χ1n) is 7.49. The van der Waals surface area contributed by atoms with E-state index in [0.717, 1.165) is 17.0 Å². The molecule has 4 rings (SSSR count). The molecule has 2 heteroatoms. The first-order chi connectivity index (χ1) is 10.7. The molecule has 1 radical (unpaired) electrons. The van der Waals surface area contributed by atoms with Gasteiger partial charge >= 0.3 is 0 Å². The summed E-state index contributed by atoms with van der Waals surface area (Å²) in [6, 6.07) is 24.7. The molecule has 0 N–H and O–H groups in total. The van der Waals surface area contributed by atoms with Gasteiger partial charge in [-0.2, -0.15) is 0 Å². The molecule has 0 bridgehead atoms. The number of hydrogen-bond donors (Lipinski definition) is 0. The Kier molecular flexibility index (Phi) is 4.30. The van der Waals surface area contributed by atoms with E-state index in [0.29, 0.717) is 0 Å². The molecule has 0 fully saturated rings. The Morgan fingerprint density at radius 3 is 2.43 bits per heavy atom. The Bertz CT molecular complexity index is 985. The summed E-state index contributed by atoms with van der Waals surface area (Å²) in [5.74, 6) is 0. The van der Waals surface area contributed by atoms with Gasteiger partial charge in [0.05, 0.1) is 0 Å². The van der Waals surface area contributed by atoms with Crippen molar-refractivity contribution in [3.8, 4) is 11.3 Å². The molecule has 3 aromatic carbocycles. The molecule has 23 heavy (non-hydrogen) atoms. The third-order valence-electron chi connectivity index (χ3n) is 4.05. The van der Waals surface area contributed by atoms with Crippen LogP contribution in [-0.4, -0.2) is 4.98 Å². The van der Waals surface area contributed by atoms with Gasteiger partial charge in [-0.15, -0.1) is 29.1 Å². The van der Waals surface area contributed by atoms with Crippen molar-refractivity contribution in [2.24, 2.45) is 0 Å². The minimum Gasteiger partial charge on any atom is -0.302 e. The van der Waals surface area contributed by atoms with E-state index >= 15 is 0 Å². The maximum atomic E-state index is 4.64. The number of nitrogens with zero attached hydrogens (tertiary/aromatic N) is 1. The molecule has 0 aliphatic carbocycles. The van der Waals surface area contributed by atoms with Crippen LogP contribution in [0.15, 0.2) is 60.7 Å².